The Balaban J connectivity index is 1.56. The lowest BCUT2D eigenvalue weighted by Gasteiger charge is -2.29. The second kappa shape index (κ2) is 12.1. The van der Waals surface area contributed by atoms with E-state index in [4.69, 9.17) is 11.6 Å². The molecule has 42 heavy (non-hydrogen) atoms. The van der Waals surface area contributed by atoms with Gasteiger partial charge in [-0.3, -0.25) is 4.98 Å². The Bertz CT molecular complexity index is 1600. The van der Waals surface area contributed by atoms with Crippen molar-refractivity contribution in [2.45, 2.75) is 72.6 Å². The number of aromatic nitrogens is 2. The average Bonchev–Trinajstić information content (AvgIpc) is 3.44. The van der Waals surface area contributed by atoms with Gasteiger partial charge in [-0.2, -0.15) is 0 Å². The van der Waals surface area contributed by atoms with Crippen molar-refractivity contribution in [2.24, 2.45) is 11.8 Å². The third-order valence-corrected chi connectivity index (χ3v) is 8.68. The summed E-state index contributed by atoms with van der Waals surface area (Å²) in [6.45, 7) is 20.7. The van der Waals surface area contributed by atoms with Crippen molar-refractivity contribution < 1.29 is 0 Å². The average molecular weight is 555 g/mol. The Morgan fingerprint density at radius 1 is 0.952 bits per heavy atom. The van der Waals surface area contributed by atoms with Gasteiger partial charge >= 0.3 is 0 Å². The number of rotatable bonds is 8. The first-order valence-corrected chi connectivity index (χ1v) is 15.5. The molecule has 0 saturated heterocycles. The zero-order valence-corrected chi connectivity index (χ0v) is 26.5. The smallest absolute Gasteiger partial charge is 0.0705 e. The second-order valence-electron chi connectivity index (χ2n) is 13.5. The van der Waals surface area contributed by atoms with E-state index in [1.165, 1.54) is 44.7 Å². The number of allylic oxidation sites excluding steroid dienone is 5. The molecule has 216 valence electrons. The number of pyridine rings is 1. The molecule has 1 aliphatic rings. The predicted molar refractivity (Wildman–Crippen MR) is 181 cm³/mol. The molecule has 1 atom stereocenters. The zero-order valence-electron chi connectivity index (χ0n) is 26.5. The van der Waals surface area contributed by atoms with Crippen LogP contribution in [-0.4, -0.2) is 9.55 Å². The SMILES string of the molecule is C=C(Cc1ccccc1-c1ccc(C(C)C)cn1)n1cc(C(C)(C)C)cc1C1=CC(c2ccccc2)=CCC1C(C)C. The van der Waals surface area contributed by atoms with E-state index >= 15 is 0 Å². The summed E-state index contributed by atoms with van der Waals surface area (Å²) >= 11 is 0. The minimum absolute atomic E-state index is 0.0287. The van der Waals surface area contributed by atoms with Crippen molar-refractivity contribution in [1.29, 1.82) is 0 Å². The minimum atomic E-state index is 0.0287. The fourth-order valence-corrected chi connectivity index (χ4v) is 5.93. The maximum absolute atomic E-state index is 4.85. The van der Waals surface area contributed by atoms with Gasteiger partial charge in [-0.1, -0.05) is 122 Å². The van der Waals surface area contributed by atoms with Crippen LogP contribution in [0.25, 0.3) is 28.1 Å². The molecule has 1 unspecified atom stereocenters. The second-order valence-corrected chi connectivity index (χ2v) is 13.5. The molecular formula is C40H46N2. The summed E-state index contributed by atoms with van der Waals surface area (Å²) in [5.74, 6) is 1.44. The lowest BCUT2D eigenvalue weighted by atomic mass is 9.78. The van der Waals surface area contributed by atoms with Crippen LogP contribution in [0.15, 0.2) is 104 Å². The van der Waals surface area contributed by atoms with Gasteiger partial charge in [0.25, 0.3) is 0 Å². The summed E-state index contributed by atoms with van der Waals surface area (Å²) in [5.41, 5.74) is 12.4. The van der Waals surface area contributed by atoms with Crippen LogP contribution in [0.5, 0.6) is 0 Å². The summed E-state index contributed by atoms with van der Waals surface area (Å²) in [4.78, 5) is 4.85. The van der Waals surface area contributed by atoms with Gasteiger partial charge < -0.3 is 4.57 Å². The molecular weight excluding hydrogens is 508 g/mol. The van der Waals surface area contributed by atoms with E-state index in [1.807, 2.05) is 6.20 Å². The molecule has 2 nitrogen and oxygen atoms in total. The van der Waals surface area contributed by atoms with Gasteiger partial charge in [-0.05, 0) is 81.2 Å². The molecule has 0 aliphatic heterocycles. The highest BCUT2D eigenvalue weighted by atomic mass is 15.0. The van der Waals surface area contributed by atoms with Crippen LogP contribution < -0.4 is 0 Å². The monoisotopic (exact) mass is 554 g/mol. The molecule has 5 rings (SSSR count). The first-order valence-electron chi connectivity index (χ1n) is 15.5. The fraction of sp³-hybridized carbons (Fsp3) is 0.325. The van der Waals surface area contributed by atoms with Gasteiger partial charge in [0.2, 0.25) is 0 Å². The van der Waals surface area contributed by atoms with E-state index < -0.39 is 0 Å². The van der Waals surface area contributed by atoms with E-state index in [9.17, 15) is 0 Å². The van der Waals surface area contributed by atoms with Crippen LogP contribution in [-0.2, 0) is 11.8 Å². The van der Waals surface area contributed by atoms with Crippen LogP contribution in [0, 0.1) is 11.8 Å². The van der Waals surface area contributed by atoms with Gasteiger partial charge in [-0.25, -0.2) is 0 Å². The molecule has 2 aromatic heterocycles. The maximum atomic E-state index is 4.85. The lowest BCUT2D eigenvalue weighted by molar-refractivity contribution is 0.481. The zero-order chi connectivity index (χ0) is 30.0. The van der Waals surface area contributed by atoms with E-state index in [-0.39, 0.29) is 5.41 Å². The fourth-order valence-electron chi connectivity index (χ4n) is 5.93. The molecule has 0 bridgehead atoms. The van der Waals surface area contributed by atoms with Crippen molar-refractivity contribution in [3.8, 4) is 11.3 Å². The van der Waals surface area contributed by atoms with Crippen molar-refractivity contribution in [1.82, 2.24) is 9.55 Å². The maximum Gasteiger partial charge on any atom is 0.0705 e. The molecule has 0 radical (unpaired) electrons. The molecule has 0 N–H and O–H groups in total. The van der Waals surface area contributed by atoms with Crippen LogP contribution in [0.2, 0.25) is 0 Å². The molecule has 0 spiro atoms. The molecule has 1 aliphatic carbocycles. The molecule has 0 amide bonds. The molecule has 2 aromatic carbocycles. The molecule has 2 heterocycles. The quantitative estimate of drug-likeness (QED) is 0.212. The van der Waals surface area contributed by atoms with Gasteiger partial charge in [0, 0.05) is 35.8 Å². The number of benzene rings is 2. The Labute approximate surface area is 253 Å². The third kappa shape index (κ3) is 6.28. The Hall–Kier alpha value is -3.91. The van der Waals surface area contributed by atoms with Crippen LogP contribution in [0.1, 0.15) is 88.8 Å². The Morgan fingerprint density at radius 2 is 1.67 bits per heavy atom. The van der Waals surface area contributed by atoms with Crippen molar-refractivity contribution >= 4 is 16.8 Å². The first kappa shape index (κ1) is 29.6. The summed E-state index contributed by atoms with van der Waals surface area (Å²) < 4.78 is 2.38. The summed E-state index contributed by atoms with van der Waals surface area (Å²) in [6, 6.07) is 26.2. The topological polar surface area (TPSA) is 17.8 Å². The molecule has 2 heteroatoms. The summed E-state index contributed by atoms with van der Waals surface area (Å²) in [6.07, 6.45) is 11.0. The number of hydrogen-bond acceptors (Lipinski definition) is 1. The van der Waals surface area contributed by atoms with Crippen LogP contribution >= 0.6 is 0 Å². The first-order chi connectivity index (χ1) is 20.0. The van der Waals surface area contributed by atoms with E-state index in [0.717, 1.165) is 24.2 Å². The van der Waals surface area contributed by atoms with Crippen LogP contribution in [0.3, 0.4) is 0 Å². The lowest BCUT2D eigenvalue weighted by Crippen LogP contribution is -2.16. The highest BCUT2D eigenvalue weighted by Crippen LogP contribution is 2.42. The number of nitrogens with zero attached hydrogens (tertiary/aromatic N) is 2. The van der Waals surface area contributed by atoms with Gasteiger partial charge in [0.15, 0.2) is 0 Å². The molecule has 0 saturated carbocycles. The molecule has 0 fully saturated rings. The van der Waals surface area contributed by atoms with Crippen LogP contribution in [0.4, 0.5) is 0 Å². The van der Waals surface area contributed by atoms with Gasteiger partial charge in [-0.15, -0.1) is 0 Å². The predicted octanol–water partition coefficient (Wildman–Crippen LogP) is 10.8. The van der Waals surface area contributed by atoms with Crippen molar-refractivity contribution in [3.05, 3.63) is 132 Å². The standard InChI is InChI=1S/C40H46N2/c1-27(2)33-19-21-38(41-25-33)36-17-13-12-16-32(36)22-29(5)42-26-34(40(6,7)8)24-39(42)37-23-31(18-20-35(37)28(3)4)30-14-10-9-11-15-30/h9-19,21,23-28,35H,5,20,22H2,1-4,6-8H3. The number of hydrogen-bond donors (Lipinski definition) is 0. The highest BCUT2D eigenvalue weighted by Gasteiger charge is 2.28. The van der Waals surface area contributed by atoms with Crippen molar-refractivity contribution in [3.63, 3.8) is 0 Å². The normalized spacial score (nSPS) is 15.6. The Morgan fingerprint density at radius 3 is 2.31 bits per heavy atom. The van der Waals surface area contributed by atoms with E-state index in [2.05, 4.69) is 144 Å². The minimum Gasteiger partial charge on any atom is -0.321 e. The van der Waals surface area contributed by atoms with Gasteiger partial charge in [0.1, 0.15) is 0 Å². The van der Waals surface area contributed by atoms with Crippen molar-refractivity contribution in [2.75, 3.05) is 0 Å². The summed E-state index contributed by atoms with van der Waals surface area (Å²) in [7, 11) is 0. The van der Waals surface area contributed by atoms with E-state index in [0.29, 0.717) is 17.8 Å². The highest BCUT2D eigenvalue weighted by molar-refractivity contribution is 5.87. The third-order valence-electron chi connectivity index (χ3n) is 8.68. The summed E-state index contributed by atoms with van der Waals surface area (Å²) in [5, 5.41) is 0. The molecule has 4 aromatic rings. The van der Waals surface area contributed by atoms with Gasteiger partial charge in [0.05, 0.1) is 5.69 Å². The Kier molecular flexibility index (Phi) is 8.55. The largest absolute Gasteiger partial charge is 0.321 e. The van der Waals surface area contributed by atoms with E-state index in [1.54, 1.807) is 0 Å².